The number of rotatable bonds is 4. The van der Waals surface area contributed by atoms with Crippen molar-refractivity contribution in [2.24, 2.45) is 0 Å². The molecule has 9 heteroatoms. The summed E-state index contributed by atoms with van der Waals surface area (Å²) in [5.74, 6) is 1.22. The first kappa shape index (κ1) is 32.3. The molecule has 0 aromatic heterocycles. The number of hydrogen-bond donors (Lipinski definition) is 2. The van der Waals surface area contributed by atoms with Gasteiger partial charge in [0, 0.05) is 116 Å². The molecule has 0 unspecified atom stereocenters. The maximum Gasteiger partial charge on any atom is 0.322 e. The molecule has 0 bridgehead atoms. The average molecular weight is 987 g/mol. The minimum absolute atomic E-state index is 0. The van der Waals surface area contributed by atoms with E-state index in [1.54, 1.807) is 0 Å². The molecule has 3 aliphatic heterocycles. The zero-order chi connectivity index (χ0) is 28.6. The van der Waals surface area contributed by atoms with Crippen molar-refractivity contribution in [1.82, 2.24) is 10.6 Å². The van der Waals surface area contributed by atoms with Crippen molar-refractivity contribution in [2.75, 3.05) is 36.0 Å². The monoisotopic (exact) mass is 986 g/mol. The summed E-state index contributed by atoms with van der Waals surface area (Å²) in [6.45, 7) is 12.1. The summed E-state index contributed by atoms with van der Waals surface area (Å²) in [6, 6.07) is 16.6. The van der Waals surface area contributed by atoms with Crippen molar-refractivity contribution in [3.05, 3.63) is 59.7 Å². The van der Waals surface area contributed by atoms with Gasteiger partial charge in [-0.2, -0.15) is 0 Å². The van der Waals surface area contributed by atoms with Gasteiger partial charge in [-0.25, -0.2) is 4.79 Å². The van der Waals surface area contributed by atoms with Crippen LogP contribution >= 0.6 is 0 Å². The summed E-state index contributed by atoms with van der Waals surface area (Å²) in [5.41, 5.74) is 4.57. The summed E-state index contributed by atoms with van der Waals surface area (Å²) >= 11 is 0. The number of carbonyl (C=O) groups is 3. The predicted molar refractivity (Wildman–Crippen MR) is 150 cm³/mol. The molecule has 39 heavy (non-hydrogen) atoms. The Kier molecular flexibility index (Phi) is 12.5. The normalized spacial score (nSPS) is 18.4. The Hall–Kier alpha value is -1.25. The van der Waals surface area contributed by atoms with E-state index in [1.807, 2.05) is 0 Å². The number of ketones is 1. The number of imide groups is 1. The van der Waals surface area contributed by atoms with E-state index < -0.39 is 5.54 Å². The minimum Gasteiger partial charge on any atom is -0.371 e. The molecule has 0 aliphatic carbocycles. The number of benzene rings is 2. The fraction of sp³-hybridized carbons (Fsp3) is 0.500. The van der Waals surface area contributed by atoms with Crippen molar-refractivity contribution < 1.29 is 79.6 Å². The first-order chi connectivity index (χ1) is 18.7. The molecule has 2 aromatic carbocycles. The molecule has 0 radical (unpaired) electrons. The molecule has 3 fully saturated rings. The van der Waals surface area contributed by atoms with Gasteiger partial charge < -0.3 is 15.1 Å². The van der Waals surface area contributed by atoms with Crippen LogP contribution in [-0.2, 0) is 9.59 Å². The molecule has 208 valence electrons. The largest absolute Gasteiger partial charge is 0.371 e. The molecular formula is C30H42N4O3U2. The van der Waals surface area contributed by atoms with Crippen molar-refractivity contribution in [3.63, 3.8) is 0 Å². The number of carbonyl (C=O) groups excluding carboxylic acids is 3. The number of anilines is 2. The number of urea groups is 1. The van der Waals surface area contributed by atoms with Gasteiger partial charge in [-0.1, -0.05) is 64.1 Å². The second kappa shape index (κ2) is 15.1. The standard InChI is InChI=1S/C16H21N3O2.C14H19NO.2U.H2/c1-11(2)12-5-3-4-6-13(12)19-9-7-16(8-10-19)14(20)17-15(21)18-16;1-11(2)13-5-3-4-6-14(13)15-9-7-12(16)8-10-15;;;/h3-6,11H,7-10H2,1-2H3,(H2,17,18,20,21);3-6,11H,7-10H2,1-2H3;;;1H/i;;;;1+2T. The van der Waals surface area contributed by atoms with Gasteiger partial charge in [0.05, 0.1) is 0 Å². The summed E-state index contributed by atoms with van der Waals surface area (Å²) in [6.07, 6.45) is 2.70. The van der Waals surface area contributed by atoms with Crippen LogP contribution in [0.25, 0.3) is 0 Å². The SMILES string of the molecule is CC(C)c1ccccc1N1CCC(=O)CC1.CC(C)c1ccccc1N1CCC2(CC1)NC(=O)NC2=O.[3H][3H].[U].[U]. The van der Waals surface area contributed by atoms with E-state index in [-0.39, 0.29) is 74.2 Å². The van der Waals surface area contributed by atoms with E-state index in [0.717, 1.165) is 26.2 Å². The molecule has 3 amide bonds. The Labute approximate surface area is 283 Å². The van der Waals surface area contributed by atoms with Gasteiger partial charge >= 0.3 is 6.03 Å². The van der Waals surface area contributed by atoms with E-state index >= 15 is 0 Å². The topological polar surface area (TPSA) is 81.8 Å². The van der Waals surface area contributed by atoms with Gasteiger partial charge in [-0.3, -0.25) is 14.9 Å². The molecule has 3 aliphatic rings. The van der Waals surface area contributed by atoms with Crippen LogP contribution in [0.5, 0.6) is 0 Å². The summed E-state index contributed by atoms with van der Waals surface area (Å²) in [4.78, 5) is 39.2. The van der Waals surface area contributed by atoms with Crippen LogP contribution in [-0.4, -0.2) is 49.4 Å². The third kappa shape index (κ3) is 8.16. The number of para-hydroxylation sites is 2. The summed E-state index contributed by atoms with van der Waals surface area (Å²) in [5, 5.41) is 5.16. The molecule has 0 atom stereocenters. The Balaban J connectivity index is 0.000000380. The van der Waals surface area contributed by atoms with Crippen LogP contribution in [0.15, 0.2) is 48.5 Å². The maximum atomic E-state index is 12.0. The van der Waals surface area contributed by atoms with Crippen LogP contribution in [0.2, 0.25) is 0 Å². The predicted octanol–water partition coefficient (Wildman–Crippen LogP) is 5.21. The Morgan fingerprint density at radius 1 is 0.744 bits per heavy atom. The Bertz CT molecular complexity index is 1150. The Morgan fingerprint density at radius 3 is 1.59 bits per heavy atom. The third-order valence-corrected chi connectivity index (χ3v) is 7.75. The fourth-order valence-electron chi connectivity index (χ4n) is 5.53. The van der Waals surface area contributed by atoms with Gasteiger partial charge in [-0.15, -0.1) is 0 Å². The van der Waals surface area contributed by atoms with Crippen molar-refractivity contribution in [3.8, 4) is 0 Å². The van der Waals surface area contributed by atoms with E-state index in [1.165, 1.54) is 22.5 Å². The number of piperidine rings is 2. The van der Waals surface area contributed by atoms with Crippen molar-refractivity contribution >= 4 is 29.1 Å². The molecular weight excluding hydrogens is 940 g/mol. The minimum atomic E-state index is -0.694. The number of nitrogens with one attached hydrogen (secondary N) is 2. The van der Waals surface area contributed by atoms with Gasteiger partial charge in [0.2, 0.25) is 0 Å². The van der Waals surface area contributed by atoms with E-state index in [0.29, 0.717) is 43.3 Å². The van der Waals surface area contributed by atoms with Gasteiger partial charge in [0.25, 0.3) is 5.91 Å². The van der Waals surface area contributed by atoms with Crippen molar-refractivity contribution in [1.29, 1.82) is 0 Å². The molecule has 5 rings (SSSR count). The van der Waals surface area contributed by atoms with Crippen LogP contribution in [0, 0.1) is 62.2 Å². The van der Waals surface area contributed by atoms with Crippen LogP contribution in [0.4, 0.5) is 16.2 Å². The summed E-state index contributed by atoms with van der Waals surface area (Å²) < 4.78 is 10.0. The zero-order valence-corrected chi connectivity index (χ0v) is 31.9. The number of amides is 3. The van der Waals surface area contributed by atoms with Crippen LogP contribution in [0.3, 0.4) is 0 Å². The molecule has 2 N–H and O–H groups in total. The van der Waals surface area contributed by atoms with E-state index in [9.17, 15) is 14.4 Å². The van der Waals surface area contributed by atoms with E-state index in [2.05, 4.69) is 96.7 Å². The third-order valence-electron chi connectivity index (χ3n) is 7.75. The van der Waals surface area contributed by atoms with Gasteiger partial charge in [-0.05, 0) is 47.9 Å². The number of hydrogen-bond acceptors (Lipinski definition) is 5. The number of nitrogens with zero attached hydrogens (tertiary/aromatic N) is 2. The average Bonchev–Trinajstić information content (AvgIpc) is 3.22. The van der Waals surface area contributed by atoms with E-state index in [4.69, 9.17) is 2.97 Å². The molecule has 3 heterocycles. The Morgan fingerprint density at radius 2 is 1.18 bits per heavy atom. The van der Waals surface area contributed by atoms with Crippen LogP contribution < -0.4 is 20.4 Å². The number of Topliss-reactive ketones (excluding diaryl/α,β-unsaturated/α-hetero) is 1. The van der Waals surface area contributed by atoms with Crippen LogP contribution in [0.1, 0.15) is 79.3 Å². The molecule has 0 saturated carbocycles. The van der Waals surface area contributed by atoms with Gasteiger partial charge in [0.1, 0.15) is 11.3 Å². The molecule has 2 aromatic rings. The second-order valence-corrected chi connectivity index (χ2v) is 10.9. The first-order valence-electron chi connectivity index (χ1n) is 14.5. The summed E-state index contributed by atoms with van der Waals surface area (Å²) in [7, 11) is 0. The maximum absolute atomic E-state index is 12.0. The molecule has 1 spiro atoms. The quantitative estimate of drug-likeness (QED) is 0.412. The zero-order valence-electron chi connectivity index (χ0n) is 25.5. The van der Waals surface area contributed by atoms with Crippen molar-refractivity contribution in [2.45, 2.75) is 70.8 Å². The smallest absolute Gasteiger partial charge is 0.322 e. The second-order valence-electron chi connectivity index (χ2n) is 10.9. The fourth-order valence-corrected chi connectivity index (χ4v) is 5.53. The van der Waals surface area contributed by atoms with Gasteiger partial charge in [0.15, 0.2) is 0 Å². The first-order valence-corrected chi connectivity index (χ1v) is 13.5. The molecule has 7 nitrogen and oxygen atoms in total. The molecule has 3 saturated heterocycles.